The van der Waals surface area contributed by atoms with Crippen molar-refractivity contribution in [2.24, 2.45) is 5.73 Å². The lowest BCUT2D eigenvalue weighted by Gasteiger charge is -2.04. The molecule has 1 aromatic heterocycles. The maximum absolute atomic E-state index is 12.1. The Morgan fingerprint density at radius 3 is 2.86 bits per heavy atom. The summed E-state index contributed by atoms with van der Waals surface area (Å²) in [6, 6.07) is 5.69. The lowest BCUT2D eigenvalue weighted by molar-refractivity contribution is -0.122. The summed E-state index contributed by atoms with van der Waals surface area (Å²) in [5.41, 5.74) is 11.4. The largest absolute Gasteiger partial charge is 0.397 e. The molecule has 0 saturated heterocycles. The fraction of sp³-hybridized carbons (Fsp3) is 0.231. The van der Waals surface area contributed by atoms with Crippen LogP contribution in [0.25, 0.3) is 10.1 Å². The van der Waals surface area contributed by atoms with Gasteiger partial charge in [-0.1, -0.05) is 15.9 Å². The van der Waals surface area contributed by atoms with Crippen molar-refractivity contribution >= 4 is 54.9 Å². The highest BCUT2D eigenvalue weighted by Gasteiger charge is 2.16. The number of primary amides is 1. The van der Waals surface area contributed by atoms with Crippen molar-refractivity contribution in [3.8, 4) is 0 Å². The molecule has 112 valence electrons. The number of nitrogens with two attached hydrogens (primary N) is 2. The van der Waals surface area contributed by atoms with Gasteiger partial charge in [-0.15, -0.1) is 11.3 Å². The number of nitrogens with one attached hydrogen (secondary N) is 1. The van der Waals surface area contributed by atoms with Gasteiger partial charge >= 0.3 is 0 Å². The molecule has 5 N–H and O–H groups in total. The smallest absolute Gasteiger partial charge is 0.263 e. The first-order valence-electron chi connectivity index (χ1n) is 6.11. The average molecular weight is 372 g/mol. The number of halogens is 1. The maximum Gasteiger partial charge on any atom is 0.263 e. The Labute approximate surface area is 133 Å². The standard InChI is InChI=1S/C13H14BrN3O3S/c14-7-1-2-9-8(5-7)11(16)12(21-9)13(19)17-3-4-20-6-10(15)18/h1-2,5H,3-4,6,16H2,(H2,15,18)(H,17,19). The predicted octanol–water partition coefficient (Wildman–Crippen LogP) is 1.48. The first-order chi connectivity index (χ1) is 9.99. The number of benzene rings is 1. The zero-order chi connectivity index (χ0) is 15.4. The van der Waals surface area contributed by atoms with E-state index in [0.29, 0.717) is 10.6 Å². The minimum absolute atomic E-state index is 0.158. The summed E-state index contributed by atoms with van der Waals surface area (Å²) in [5, 5.41) is 3.54. The number of amides is 2. The molecule has 0 unspecified atom stereocenters. The van der Waals surface area contributed by atoms with Crippen LogP contribution in [0.5, 0.6) is 0 Å². The van der Waals surface area contributed by atoms with Crippen LogP contribution in [0.1, 0.15) is 9.67 Å². The first-order valence-corrected chi connectivity index (χ1v) is 7.71. The monoisotopic (exact) mass is 371 g/mol. The van der Waals surface area contributed by atoms with Crippen LogP contribution >= 0.6 is 27.3 Å². The van der Waals surface area contributed by atoms with E-state index in [2.05, 4.69) is 21.2 Å². The van der Waals surface area contributed by atoms with Crippen molar-refractivity contribution in [3.63, 3.8) is 0 Å². The highest BCUT2D eigenvalue weighted by molar-refractivity contribution is 9.10. The Balaban J connectivity index is 1.99. The van der Waals surface area contributed by atoms with Crippen LogP contribution in [0.2, 0.25) is 0 Å². The average Bonchev–Trinajstić information content (AvgIpc) is 2.75. The molecule has 2 amide bonds. The van der Waals surface area contributed by atoms with Crippen molar-refractivity contribution in [2.75, 3.05) is 25.5 Å². The van der Waals surface area contributed by atoms with Crippen molar-refractivity contribution in [2.45, 2.75) is 0 Å². The highest BCUT2D eigenvalue weighted by atomic mass is 79.9. The second-order valence-electron chi connectivity index (χ2n) is 4.26. The van der Waals surface area contributed by atoms with Crippen LogP contribution in [0.15, 0.2) is 22.7 Å². The fourth-order valence-corrected chi connectivity index (χ4v) is 3.13. The van der Waals surface area contributed by atoms with Crippen molar-refractivity contribution in [1.82, 2.24) is 5.32 Å². The van der Waals surface area contributed by atoms with E-state index < -0.39 is 5.91 Å². The summed E-state index contributed by atoms with van der Waals surface area (Å²) in [5.74, 6) is -0.798. The number of fused-ring (bicyclic) bond motifs is 1. The van der Waals surface area contributed by atoms with Crippen LogP contribution in [0.4, 0.5) is 5.69 Å². The third kappa shape index (κ3) is 3.93. The number of thiophene rings is 1. The minimum atomic E-state index is -0.541. The Morgan fingerprint density at radius 2 is 2.14 bits per heavy atom. The van der Waals surface area contributed by atoms with Crippen LogP contribution in [-0.2, 0) is 9.53 Å². The summed E-state index contributed by atoms with van der Waals surface area (Å²) in [4.78, 5) is 23.0. The van der Waals surface area contributed by atoms with Gasteiger partial charge in [-0.25, -0.2) is 0 Å². The van der Waals surface area contributed by atoms with Crippen LogP contribution in [-0.4, -0.2) is 31.6 Å². The minimum Gasteiger partial charge on any atom is -0.397 e. The second kappa shape index (κ2) is 6.88. The van der Waals surface area contributed by atoms with Crippen LogP contribution < -0.4 is 16.8 Å². The Morgan fingerprint density at radius 1 is 1.38 bits per heavy atom. The molecule has 1 heterocycles. The topological polar surface area (TPSA) is 107 Å². The van der Waals surface area contributed by atoms with E-state index >= 15 is 0 Å². The van der Waals surface area contributed by atoms with Crippen molar-refractivity contribution in [1.29, 1.82) is 0 Å². The van der Waals surface area contributed by atoms with Gasteiger partial charge in [-0.05, 0) is 18.2 Å². The molecule has 0 spiro atoms. The molecule has 1 aromatic carbocycles. The Bertz CT molecular complexity index is 687. The molecule has 0 aliphatic rings. The normalized spacial score (nSPS) is 10.7. The Kier molecular flexibility index (Phi) is 5.16. The number of ether oxygens (including phenoxy) is 1. The quantitative estimate of drug-likeness (QED) is 0.668. The molecule has 0 bridgehead atoms. The van der Waals surface area contributed by atoms with Gasteiger partial charge < -0.3 is 21.5 Å². The lowest BCUT2D eigenvalue weighted by Crippen LogP contribution is -2.28. The van der Waals surface area contributed by atoms with E-state index in [4.69, 9.17) is 16.2 Å². The Hall–Kier alpha value is -1.64. The molecule has 0 atom stereocenters. The molecule has 2 rings (SSSR count). The van der Waals surface area contributed by atoms with Crippen LogP contribution in [0, 0.1) is 0 Å². The molecular formula is C13H14BrN3O3S. The van der Waals surface area contributed by atoms with Gasteiger partial charge in [0.15, 0.2) is 0 Å². The van der Waals surface area contributed by atoms with Crippen molar-refractivity contribution in [3.05, 3.63) is 27.5 Å². The molecule has 6 nitrogen and oxygen atoms in total. The van der Waals surface area contributed by atoms with Crippen molar-refractivity contribution < 1.29 is 14.3 Å². The van der Waals surface area contributed by atoms with Crippen LogP contribution in [0.3, 0.4) is 0 Å². The first kappa shape index (κ1) is 15.7. The van der Waals surface area contributed by atoms with E-state index in [-0.39, 0.29) is 25.7 Å². The van der Waals surface area contributed by atoms with Gasteiger partial charge in [0, 0.05) is 21.1 Å². The van der Waals surface area contributed by atoms with E-state index in [0.717, 1.165) is 14.6 Å². The zero-order valence-electron chi connectivity index (χ0n) is 11.0. The van der Waals surface area contributed by atoms with E-state index in [9.17, 15) is 9.59 Å². The van der Waals surface area contributed by atoms with E-state index in [1.807, 2.05) is 18.2 Å². The predicted molar refractivity (Wildman–Crippen MR) is 86.3 cm³/mol. The summed E-state index contributed by atoms with van der Waals surface area (Å²) >= 11 is 4.71. The number of nitrogen functional groups attached to an aromatic ring is 1. The maximum atomic E-state index is 12.1. The third-order valence-electron chi connectivity index (χ3n) is 2.67. The van der Waals surface area contributed by atoms with Gasteiger partial charge in [0.1, 0.15) is 11.5 Å². The summed E-state index contributed by atoms with van der Waals surface area (Å²) in [6.45, 7) is 0.337. The fourth-order valence-electron chi connectivity index (χ4n) is 1.75. The zero-order valence-corrected chi connectivity index (χ0v) is 13.4. The molecule has 8 heteroatoms. The van der Waals surface area contributed by atoms with Gasteiger partial charge in [0.05, 0.1) is 12.3 Å². The molecule has 0 saturated carbocycles. The summed E-state index contributed by atoms with van der Waals surface area (Å²) in [6.07, 6.45) is 0. The number of carbonyl (C=O) groups is 2. The summed E-state index contributed by atoms with van der Waals surface area (Å²) in [7, 11) is 0. The summed E-state index contributed by atoms with van der Waals surface area (Å²) < 4.78 is 6.82. The highest BCUT2D eigenvalue weighted by Crippen LogP contribution is 2.35. The van der Waals surface area contributed by atoms with Gasteiger partial charge in [0.25, 0.3) is 5.91 Å². The number of carbonyl (C=O) groups excluding carboxylic acids is 2. The van der Waals surface area contributed by atoms with Gasteiger partial charge in [-0.3, -0.25) is 9.59 Å². The van der Waals surface area contributed by atoms with E-state index in [1.54, 1.807) is 0 Å². The number of rotatable bonds is 6. The molecule has 0 aliphatic carbocycles. The molecule has 0 aliphatic heterocycles. The van der Waals surface area contributed by atoms with Gasteiger partial charge in [0.2, 0.25) is 5.91 Å². The second-order valence-corrected chi connectivity index (χ2v) is 6.23. The lowest BCUT2D eigenvalue weighted by atomic mass is 10.2. The molecular weight excluding hydrogens is 358 g/mol. The number of hydrogen-bond acceptors (Lipinski definition) is 5. The van der Waals surface area contributed by atoms with E-state index in [1.165, 1.54) is 11.3 Å². The molecule has 21 heavy (non-hydrogen) atoms. The molecule has 0 fully saturated rings. The van der Waals surface area contributed by atoms with Gasteiger partial charge in [-0.2, -0.15) is 0 Å². The third-order valence-corrected chi connectivity index (χ3v) is 4.35. The molecule has 2 aromatic rings. The molecule has 0 radical (unpaired) electrons. The number of hydrogen-bond donors (Lipinski definition) is 3. The number of anilines is 1. The SMILES string of the molecule is NC(=O)COCCNC(=O)c1sc2ccc(Br)cc2c1N.